The lowest BCUT2D eigenvalue weighted by Gasteiger charge is -2.34. The molecule has 186 valence electrons. The highest BCUT2D eigenvalue weighted by Crippen LogP contribution is 2.44. The quantitative estimate of drug-likeness (QED) is 0.429. The van der Waals surface area contributed by atoms with Crippen LogP contribution in [0, 0.1) is 5.92 Å². The molecule has 2 aromatic carbocycles. The van der Waals surface area contributed by atoms with E-state index in [9.17, 15) is 19.5 Å². The van der Waals surface area contributed by atoms with Crippen molar-refractivity contribution < 1.29 is 24.2 Å². The summed E-state index contributed by atoms with van der Waals surface area (Å²) in [6.07, 6.45) is 4.23. The minimum atomic E-state index is -0.934. The van der Waals surface area contributed by atoms with Crippen molar-refractivity contribution >= 4 is 18.0 Å². The van der Waals surface area contributed by atoms with Gasteiger partial charge < -0.3 is 20.5 Å². The Labute approximate surface area is 206 Å². The van der Waals surface area contributed by atoms with Crippen LogP contribution in [-0.4, -0.2) is 41.8 Å². The number of fused-ring (bicyclic) bond motifs is 3. The smallest absolute Gasteiger partial charge is 0.407 e. The SMILES string of the molecule is CCCC[C@H](NC(=O)OCC1c2ccccc2-c2ccccc21)C(=O)NC(CC(=O)O)C1CCC1. The molecule has 0 aromatic heterocycles. The molecule has 0 spiro atoms. The Kier molecular flexibility index (Phi) is 8.06. The van der Waals surface area contributed by atoms with Crippen LogP contribution < -0.4 is 10.6 Å². The topological polar surface area (TPSA) is 105 Å². The second-order valence-corrected chi connectivity index (χ2v) is 9.57. The van der Waals surface area contributed by atoms with E-state index in [-0.39, 0.29) is 30.8 Å². The van der Waals surface area contributed by atoms with E-state index in [1.54, 1.807) is 0 Å². The zero-order chi connectivity index (χ0) is 24.8. The first-order valence-electron chi connectivity index (χ1n) is 12.6. The van der Waals surface area contributed by atoms with Gasteiger partial charge in [-0.1, -0.05) is 74.7 Å². The van der Waals surface area contributed by atoms with Gasteiger partial charge >= 0.3 is 12.1 Å². The molecule has 3 N–H and O–H groups in total. The molecule has 7 nitrogen and oxygen atoms in total. The molecule has 0 radical (unpaired) electrons. The molecule has 0 aliphatic heterocycles. The zero-order valence-electron chi connectivity index (χ0n) is 20.2. The van der Waals surface area contributed by atoms with Gasteiger partial charge in [0.2, 0.25) is 5.91 Å². The number of hydrogen-bond acceptors (Lipinski definition) is 4. The van der Waals surface area contributed by atoms with E-state index in [1.807, 2.05) is 31.2 Å². The van der Waals surface area contributed by atoms with E-state index in [4.69, 9.17) is 4.74 Å². The largest absolute Gasteiger partial charge is 0.481 e. The lowest BCUT2D eigenvalue weighted by Crippen LogP contribution is -2.52. The second-order valence-electron chi connectivity index (χ2n) is 9.57. The Morgan fingerprint density at radius 3 is 2.17 bits per heavy atom. The number of carbonyl (C=O) groups is 3. The van der Waals surface area contributed by atoms with Crippen LogP contribution in [-0.2, 0) is 14.3 Å². The fraction of sp³-hybridized carbons (Fsp3) is 0.464. The highest BCUT2D eigenvalue weighted by atomic mass is 16.5. The average molecular weight is 479 g/mol. The molecule has 2 aliphatic rings. The van der Waals surface area contributed by atoms with Crippen molar-refractivity contribution in [3.63, 3.8) is 0 Å². The zero-order valence-corrected chi connectivity index (χ0v) is 20.2. The number of aliphatic carboxylic acids is 1. The molecule has 7 heteroatoms. The maximum atomic E-state index is 13.0. The first-order chi connectivity index (χ1) is 17.0. The van der Waals surface area contributed by atoms with Crippen molar-refractivity contribution in [2.24, 2.45) is 5.92 Å². The summed E-state index contributed by atoms with van der Waals surface area (Å²) in [5.74, 6) is -1.16. The summed E-state index contributed by atoms with van der Waals surface area (Å²) in [6.45, 7) is 2.19. The molecule has 4 rings (SSSR count). The van der Waals surface area contributed by atoms with E-state index in [0.717, 1.165) is 54.4 Å². The fourth-order valence-corrected chi connectivity index (χ4v) is 5.11. The van der Waals surface area contributed by atoms with Gasteiger partial charge in [-0.15, -0.1) is 0 Å². The Hall–Kier alpha value is -3.35. The summed E-state index contributed by atoms with van der Waals surface area (Å²) in [6, 6.07) is 15.1. The average Bonchev–Trinajstić information content (AvgIpc) is 3.12. The molecule has 2 aromatic rings. The van der Waals surface area contributed by atoms with Crippen LogP contribution in [0.4, 0.5) is 4.79 Å². The van der Waals surface area contributed by atoms with Crippen molar-refractivity contribution in [1.82, 2.24) is 10.6 Å². The maximum Gasteiger partial charge on any atom is 0.407 e. The molecule has 2 atom stereocenters. The van der Waals surface area contributed by atoms with E-state index >= 15 is 0 Å². The number of amides is 2. The number of rotatable bonds is 11. The standard InChI is InChI=1S/C28H34N2O5/c1-2-3-15-24(27(33)29-25(16-26(31)32)18-9-8-10-18)30-28(34)35-17-23-21-13-6-4-11-19(21)20-12-5-7-14-22(20)23/h4-7,11-14,18,23-25H,2-3,8-10,15-17H2,1H3,(H,29,33)(H,30,34)(H,31,32)/t24-,25?/m0/s1. The second kappa shape index (κ2) is 11.4. The maximum absolute atomic E-state index is 13.0. The molecule has 0 saturated heterocycles. The summed E-state index contributed by atoms with van der Waals surface area (Å²) in [5, 5.41) is 14.9. The van der Waals surface area contributed by atoms with Gasteiger partial charge in [0.15, 0.2) is 0 Å². The van der Waals surface area contributed by atoms with Crippen LogP contribution in [0.1, 0.15) is 68.9 Å². The van der Waals surface area contributed by atoms with E-state index in [0.29, 0.717) is 6.42 Å². The summed E-state index contributed by atoms with van der Waals surface area (Å²) < 4.78 is 5.63. The highest BCUT2D eigenvalue weighted by molar-refractivity contribution is 5.86. The monoisotopic (exact) mass is 478 g/mol. The van der Waals surface area contributed by atoms with Crippen LogP contribution in [0.3, 0.4) is 0 Å². The minimum Gasteiger partial charge on any atom is -0.481 e. The van der Waals surface area contributed by atoms with Crippen molar-refractivity contribution in [1.29, 1.82) is 0 Å². The number of alkyl carbamates (subject to hydrolysis) is 1. The van der Waals surface area contributed by atoms with Gasteiger partial charge in [-0.25, -0.2) is 4.79 Å². The van der Waals surface area contributed by atoms with E-state index < -0.39 is 24.1 Å². The van der Waals surface area contributed by atoms with Crippen LogP contribution >= 0.6 is 0 Å². The number of carboxylic acid groups (broad SMARTS) is 1. The molecule has 1 fully saturated rings. The highest BCUT2D eigenvalue weighted by Gasteiger charge is 2.33. The molecular formula is C28H34N2O5. The van der Waals surface area contributed by atoms with Crippen LogP contribution in [0.15, 0.2) is 48.5 Å². The molecule has 2 amide bonds. The van der Waals surface area contributed by atoms with Gasteiger partial charge in [0, 0.05) is 12.0 Å². The van der Waals surface area contributed by atoms with Gasteiger partial charge in [0.1, 0.15) is 12.6 Å². The molecule has 35 heavy (non-hydrogen) atoms. The molecule has 0 bridgehead atoms. The fourth-order valence-electron chi connectivity index (χ4n) is 5.11. The number of unbranched alkanes of at least 4 members (excludes halogenated alkanes) is 1. The van der Waals surface area contributed by atoms with Crippen LogP contribution in [0.2, 0.25) is 0 Å². The van der Waals surface area contributed by atoms with Crippen molar-refractivity contribution in [2.45, 2.75) is 69.9 Å². The van der Waals surface area contributed by atoms with E-state index in [2.05, 4.69) is 34.9 Å². The summed E-state index contributed by atoms with van der Waals surface area (Å²) in [5.41, 5.74) is 4.55. The molecular weight excluding hydrogens is 444 g/mol. The van der Waals surface area contributed by atoms with Crippen molar-refractivity contribution in [3.8, 4) is 11.1 Å². The van der Waals surface area contributed by atoms with Crippen molar-refractivity contribution in [3.05, 3.63) is 59.7 Å². The Morgan fingerprint density at radius 1 is 1.00 bits per heavy atom. The number of carboxylic acids is 1. The predicted octanol–water partition coefficient (Wildman–Crippen LogP) is 4.84. The Bertz CT molecular complexity index is 1020. The normalized spacial score (nSPS) is 16.4. The summed E-state index contributed by atoms with van der Waals surface area (Å²) in [7, 11) is 0. The third kappa shape index (κ3) is 5.84. The first-order valence-corrected chi connectivity index (χ1v) is 12.6. The number of ether oxygens (including phenoxy) is 1. The van der Waals surface area contributed by atoms with Crippen LogP contribution in [0.25, 0.3) is 11.1 Å². The van der Waals surface area contributed by atoms with Gasteiger partial charge in [-0.3, -0.25) is 9.59 Å². The number of hydrogen-bond donors (Lipinski definition) is 3. The molecule has 2 aliphatic carbocycles. The molecule has 0 heterocycles. The minimum absolute atomic E-state index is 0.0605. The van der Waals surface area contributed by atoms with E-state index in [1.165, 1.54) is 0 Å². The Balaban J connectivity index is 1.39. The van der Waals surface area contributed by atoms with Crippen LogP contribution in [0.5, 0.6) is 0 Å². The number of benzene rings is 2. The third-order valence-corrected chi connectivity index (χ3v) is 7.24. The van der Waals surface area contributed by atoms with Crippen molar-refractivity contribution in [2.75, 3.05) is 6.61 Å². The lowest BCUT2D eigenvalue weighted by atomic mass is 9.78. The molecule has 1 saturated carbocycles. The van der Waals surface area contributed by atoms with Gasteiger partial charge in [-0.2, -0.15) is 0 Å². The third-order valence-electron chi connectivity index (χ3n) is 7.24. The van der Waals surface area contributed by atoms with Gasteiger partial charge in [-0.05, 0) is 47.4 Å². The summed E-state index contributed by atoms with van der Waals surface area (Å²) in [4.78, 5) is 37.1. The van der Waals surface area contributed by atoms with Gasteiger partial charge in [0.25, 0.3) is 0 Å². The summed E-state index contributed by atoms with van der Waals surface area (Å²) >= 11 is 0. The predicted molar refractivity (Wildman–Crippen MR) is 133 cm³/mol. The lowest BCUT2D eigenvalue weighted by molar-refractivity contribution is -0.138. The van der Waals surface area contributed by atoms with Gasteiger partial charge in [0.05, 0.1) is 6.42 Å². The first kappa shape index (κ1) is 24.8. The Morgan fingerprint density at radius 2 is 1.63 bits per heavy atom. The number of carbonyl (C=O) groups excluding carboxylic acids is 2. The number of nitrogens with one attached hydrogen (secondary N) is 2. The molecule has 1 unspecified atom stereocenters.